The van der Waals surface area contributed by atoms with Crippen molar-refractivity contribution in [3.8, 4) is 0 Å². The number of carboxylic acids is 1. The van der Waals surface area contributed by atoms with Crippen LogP contribution in [0.3, 0.4) is 0 Å². The van der Waals surface area contributed by atoms with Crippen LogP contribution in [0.4, 0.5) is 10.5 Å². The largest absolute Gasteiger partial charge is 0.478 e. The van der Waals surface area contributed by atoms with Gasteiger partial charge in [-0.15, -0.1) is 0 Å². The Balaban J connectivity index is 2.79. The summed E-state index contributed by atoms with van der Waals surface area (Å²) in [5.41, 5.74) is 1.33. The average Bonchev–Trinajstić information content (AvgIpc) is 2.26. The number of hydrogen-bond acceptors (Lipinski definition) is 2. The summed E-state index contributed by atoms with van der Waals surface area (Å²) in [6.45, 7) is 0. The van der Waals surface area contributed by atoms with Gasteiger partial charge in [-0.25, -0.2) is 9.59 Å². The molecule has 0 unspecified atom stereocenters. The molecule has 0 saturated carbocycles. The molecule has 0 bridgehead atoms. The average molecular weight is 234 g/mol. The van der Waals surface area contributed by atoms with E-state index in [4.69, 9.17) is 5.11 Å². The molecule has 0 aliphatic rings. The van der Waals surface area contributed by atoms with Crippen molar-refractivity contribution in [2.24, 2.45) is 0 Å². The first-order valence-electron chi connectivity index (χ1n) is 4.98. The van der Waals surface area contributed by atoms with Gasteiger partial charge in [-0.3, -0.25) is 0 Å². The molecular weight excluding hydrogens is 220 g/mol. The van der Waals surface area contributed by atoms with E-state index in [0.717, 1.165) is 6.08 Å². The molecule has 2 amide bonds. The third kappa shape index (κ3) is 4.38. The van der Waals surface area contributed by atoms with Gasteiger partial charge in [0.1, 0.15) is 0 Å². The van der Waals surface area contributed by atoms with E-state index in [1.165, 1.54) is 11.0 Å². The van der Waals surface area contributed by atoms with Crippen LogP contribution in [0.1, 0.15) is 5.56 Å². The zero-order valence-electron chi connectivity index (χ0n) is 9.68. The molecule has 0 saturated heterocycles. The molecule has 1 aromatic rings. The Hall–Kier alpha value is -2.30. The maximum Gasteiger partial charge on any atom is 0.328 e. The Morgan fingerprint density at radius 1 is 1.35 bits per heavy atom. The standard InChI is InChI=1S/C12H14N2O3/c1-14(2)12(17)13-10-5-3-4-9(8-10)6-7-11(15)16/h3-8H,1-2H3,(H,13,17)(H,15,16). The Morgan fingerprint density at radius 3 is 2.65 bits per heavy atom. The van der Waals surface area contributed by atoms with E-state index in [1.54, 1.807) is 38.4 Å². The number of nitrogens with zero attached hydrogens (tertiary/aromatic N) is 1. The van der Waals surface area contributed by atoms with Crippen molar-refractivity contribution >= 4 is 23.8 Å². The third-order valence-electron chi connectivity index (χ3n) is 1.96. The van der Waals surface area contributed by atoms with Crippen LogP contribution in [-0.4, -0.2) is 36.1 Å². The first-order chi connectivity index (χ1) is 7.99. The van der Waals surface area contributed by atoms with Gasteiger partial charge in [0.25, 0.3) is 0 Å². The van der Waals surface area contributed by atoms with Crippen LogP contribution in [0, 0.1) is 0 Å². The summed E-state index contributed by atoms with van der Waals surface area (Å²) >= 11 is 0. The summed E-state index contributed by atoms with van der Waals surface area (Å²) in [6.07, 6.45) is 2.51. The number of rotatable bonds is 3. The predicted octanol–water partition coefficient (Wildman–Crippen LogP) is 1.88. The lowest BCUT2D eigenvalue weighted by molar-refractivity contribution is -0.131. The minimum atomic E-state index is -1.01. The highest BCUT2D eigenvalue weighted by molar-refractivity contribution is 5.90. The lowest BCUT2D eigenvalue weighted by atomic mass is 10.2. The second kappa shape index (κ2) is 5.69. The zero-order valence-corrected chi connectivity index (χ0v) is 9.68. The lowest BCUT2D eigenvalue weighted by Gasteiger charge is -2.12. The molecule has 0 heterocycles. The van der Waals surface area contributed by atoms with E-state index in [9.17, 15) is 9.59 Å². The number of amides is 2. The maximum atomic E-state index is 11.4. The molecule has 1 rings (SSSR count). The Labute approximate surface area is 99.4 Å². The Bertz CT molecular complexity index is 453. The molecular formula is C12H14N2O3. The Morgan fingerprint density at radius 2 is 2.06 bits per heavy atom. The van der Waals surface area contributed by atoms with Crippen molar-refractivity contribution in [1.82, 2.24) is 4.90 Å². The molecule has 0 atom stereocenters. The minimum absolute atomic E-state index is 0.232. The quantitative estimate of drug-likeness (QED) is 0.784. The minimum Gasteiger partial charge on any atom is -0.478 e. The van der Waals surface area contributed by atoms with Crippen LogP contribution in [0.2, 0.25) is 0 Å². The molecule has 0 aliphatic heterocycles. The number of benzene rings is 1. The SMILES string of the molecule is CN(C)C(=O)Nc1cccc(C=CC(=O)O)c1. The lowest BCUT2D eigenvalue weighted by Crippen LogP contribution is -2.27. The number of anilines is 1. The highest BCUT2D eigenvalue weighted by Gasteiger charge is 2.03. The van der Waals surface area contributed by atoms with Crippen LogP contribution in [0.25, 0.3) is 6.08 Å². The van der Waals surface area contributed by atoms with Crippen LogP contribution in [0.15, 0.2) is 30.3 Å². The van der Waals surface area contributed by atoms with Crippen molar-refractivity contribution in [2.45, 2.75) is 0 Å². The highest BCUT2D eigenvalue weighted by Crippen LogP contribution is 2.12. The van der Waals surface area contributed by atoms with E-state index >= 15 is 0 Å². The zero-order chi connectivity index (χ0) is 12.8. The number of carbonyl (C=O) groups is 2. The fourth-order valence-electron chi connectivity index (χ4n) is 1.12. The molecule has 5 nitrogen and oxygen atoms in total. The third-order valence-corrected chi connectivity index (χ3v) is 1.96. The van der Waals surface area contributed by atoms with Crippen molar-refractivity contribution in [1.29, 1.82) is 0 Å². The summed E-state index contributed by atoms with van der Waals surface area (Å²) in [5, 5.41) is 11.2. The van der Waals surface area contributed by atoms with Crippen molar-refractivity contribution in [2.75, 3.05) is 19.4 Å². The molecule has 0 aromatic heterocycles. The highest BCUT2D eigenvalue weighted by atomic mass is 16.4. The van der Waals surface area contributed by atoms with Gasteiger partial charge in [0, 0.05) is 25.9 Å². The number of aliphatic carboxylic acids is 1. The molecule has 90 valence electrons. The number of urea groups is 1. The van der Waals surface area contributed by atoms with Gasteiger partial charge in [0.05, 0.1) is 0 Å². The second-order valence-electron chi connectivity index (χ2n) is 3.62. The first-order valence-corrected chi connectivity index (χ1v) is 4.98. The molecule has 1 aromatic carbocycles. The number of carbonyl (C=O) groups excluding carboxylic acids is 1. The molecule has 0 aliphatic carbocycles. The van der Waals surface area contributed by atoms with E-state index < -0.39 is 5.97 Å². The topological polar surface area (TPSA) is 69.6 Å². The van der Waals surface area contributed by atoms with Gasteiger partial charge in [-0.1, -0.05) is 12.1 Å². The molecule has 0 fully saturated rings. The molecule has 17 heavy (non-hydrogen) atoms. The van der Waals surface area contributed by atoms with E-state index in [0.29, 0.717) is 11.3 Å². The molecule has 0 spiro atoms. The normalized spacial score (nSPS) is 10.2. The van der Waals surface area contributed by atoms with Crippen molar-refractivity contribution < 1.29 is 14.7 Å². The maximum absolute atomic E-state index is 11.4. The van der Waals surface area contributed by atoms with Gasteiger partial charge >= 0.3 is 12.0 Å². The number of hydrogen-bond donors (Lipinski definition) is 2. The van der Waals surface area contributed by atoms with Crippen LogP contribution in [0.5, 0.6) is 0 Å². The summed E-state index contributed by atoms with van der Waals surface area (Å²) in [5.74, 6) is -1.01. The summed E-state index contributed by atoms with van der Waals surface area (Å²) in [7, 11) is 3.28. The smallest absolute Gasteiger partial charge is 0.328 e. The van der Waals surface area contributed by atoms with E-state index in [2.05, 4.69) is 5.32 Å². The second-order valence-corrected chi connectivity index (χ2v) is 3.62. The summed E-state index contributed by atoms with van der Waals surface area (Å²) in [4.78, 5) is 23.2. The fraction of sp³-hybridized carbons (Fsp3) is 0.167. The van der Waals surface area contributed by atoms with Gasteiger partial charge in [-0.2, -0.15) is 0 Å². The summed E-state index contributed by atoms with van der Waals surface area (Å²) in [6, 6.07) is 6.70. The fourth-order valence-corrected chi connectivity index (χ4v) is 1.12. The van der Waals surface area contributed by atoms with E-state index in [1.807, 2.05) is 0 Å². The van der Waals surface area contributed by atoms with Crippen LogP contribution >= 0.6 is 0 Å². The van der Waals surface area contributed by atoms with Gasteiger partial charge in [0.15, 0.2) is 0 Å². The first kappa shape index (κ1) is 12.8. The van der Waals surface area contributed by atoms with Crippen molar-refractivity contribution in [3.05, 3.63) is 35.9 Å². The Kier molecular flexibility index (Phi) is 4.28. The van der Waals surface area contributed by atoms with Gasteiger partial charge in [-0.05, 0) is 23.8 Å². The number of nitrogens with one attached hydrogen (secondary N) is 1. The molecule has 0 radical (unpaired) electrons. The predicted molar refractivity (Wildman–Crippen MR) is 65.8 cm³/mol. The van der Waals surface area contributed by atoms with Crippen LogP contribution < -0.4 is 5.32 Å². The van der Waals surface area contributed by atoms with Crippen LogP contribution in [-0.2, 0) is 4.79 Å². The molecule has 5 heteroatoms. The monoisotopic (exact) mass is 234 g/mol. The summed E-state index contributed by atoms with van der Waals surface area (Å²) < 4.78 is 0. The van der Waals surface area contributed by atoms with E-state index in [-0.39, 0.29) is 6.03 Å². The van der Waals surface area contributed by atoms with Gasteiger partial charge < -0.3 is 15.3 Å². The number of carboxylic acid groups (broad SMARTS) is 1. The van der Waals surface area contributed by atoms with Crippen molar-refractivity contribution in [3.63, 3.8) is 0 Å². The van der Waals surface area contributed by atoms with Gasteiger partial charge in [0.2, 0.25) is 0 Å². The molecule has 2 N–H and O–H groups in total.